The van der Waals surface area contributed by atoms with Crippen LogP contribution in [0.25, 0.3) is 0 Å². The SMILES string of the molecule is CC(=O)N(CCC(=O)Nc1ccccc1Oc1ccccc1)c1cc(C)on1. The van der Waals surface area contributed by atoms with Crippen LogP contribution in [-0.2, 0) is 9.59 Å². The summed E-state index contributed by atoms with van der Waals surface area (Å²) < 4.78 is 10.9. The minimum atomic E-state index is -0.240. The monoisotopic (exact) mass is 379 g/mol. The van der Waals surface area contributed by atoms with Crippen LogP contribution in [0.2, 0.25) is 0 Å². The van der Waals surface area contributed by atoms with Crippen LogP contribution in [0.3, 0.4) is 0 Å². The number of carbonyl (C=O) groups excluding carboxylic acids is 2. The summed E-state index contributed by atoms with van der Waals surface area (Å²) in [7, 11) is 0. The van der Waals surface area contributed by atoms with Gasteiger partial charge in [0.1, 0.15) is 11.5 Å². The Kier molecular flexibility index (Phi) is 6.06. The van der Waals surface area contributed by atoms with Crippen LogP contribution in [0.5, 0.6) is 11.5 Å². The van der Waals surface area contributed by atoms with E-state index in [4.69, 9.17) is 9.26 Å². The van der Waals surface area contributed by atoms with Gasteiger partial charge in [0, 0.05) is 26.0 Å². The maximum Gasteiger partial charge on any atom is 0.226 e. The summed E-state index contributed by atoms with van der Waals surface area (Å²) in [6.07, 6.45) is 0.102. The van der Waals surface area contributed by atoms with Crippen LogP contribution in [-0.4, -0.2) is 23.5 Å². The molecule has 0 saturated carbocycles. The van der Waals surface area contributed by atoms with E-state index in [1.165, 1.54) is 11.8 Å². The van der Waals surface area contributed by atoms with Gasteiger partial charge in [-0.05, 0) is 31.2 Å². The number of amides is 2. The molecule has 1 N–H and O–H groups in total. The van der Waals surface area contributed by atoms with Gasteiger partial charge in [-0.1, -0.05) is 35.5 Å². The first-order valence-electron chi connectivity index (χ1n) is 8.86. The molecule has 144 valence electrons. The standard InChI is InChI=1S/C21H21N3O4/c1-15-14-20(23-28-15)24(16(2)25)13-12-21(26)22-18-10-6-7-11-19(18)27-17-8-4-3-5-9-17/h3-11,14H,12-13H2,1-2H3,(H,22,26). The van der Waals surface area contributed by atoms with Gasteiger partial charge in [0.05, 0.1) is 5.69 Å². The van der Waals surface area contributed by atoms with E-state index >= 15 is 0 Å². The van der Waals surface area contributed by atoms with Gasteiger partial charge in [0.15, 0.2) is 11.6 Å². The van der Waals surface area contributed by atoms with E-state index in [9.17, 15) is 9.59 Å². The van der Waals surface area contributed by atoms with Crippen molar-refractivity contribution in [3.05, 3.63) is 66.4 Å². The quantitative estimate of drug-likeness (QED) is 0.666. The van der Waals surface area contributed by atoms with Gasteiger partial charge in [-0.3, -0.25) is 14.5 Å². The van der Waals surface area contributed by atoms with E-state index < -0.39 is 0 Å². The Morgan fingerprint density at radius 1 is 1.11 bits per heavy atom. The molecular weight excluding hydrogens is 358 g/mol. The second kappa shape index (κ2) is 8.85. The predicted molar refractivity (Wildman–Crippen MR) is 105 cm³/mol. The molecule has 0 saturated heterocycles. The molecule has 0 aliphatic carbocycles. The van der Waals surface area contributed by atoms with E-state index in [-0.39, 0.29) is 24.8 Å². The fourth-order valence-corrected chi connectivity index (χ4v) is 2.61. The van der Waals surface area contributed by atoms with Crippen LogP contribution in [0, 0.1) is 6.92 Å². The number of aromatic nitrogens is 1. The number of para-hydroxylation sites is 3. The zero-order valence-electron chi connectivity index (χ0n) is 15.7. The number of nitrogens with one attached hydrogen (secondary N) is 1. The number of carbonyl (C=O) groups is 2. The predicted octanol–water partition coefficient (Wildman–Crippen LogP) is 4.16. The van der Waals surface area contributed by atoms with Crippen LogP contribution in [0.4, 0.5) is 11.5 Å². The zero-order chi connectivity index (χ0) is 19.9. The smallest absolute Gasteiger partial charge is 0.226 e. The lowest BCUT2D eigenvalue weighted by Gasteiger charge is -2.17. The molecule has 0 spiro atoms. The van der Waals surface area contributed by atoms with Gasteiger partial charge in [0.2, 0.25) is 11.8 Å². The van der Waals surface area contributed by atoms with Gasteiger partial charge in [-0.15, -0.1) is 0 Å². The molecule has 0 atom stereocenters. The minimum Gasteiger partial charge on any atom is -0.455 e. The Morgan fingerprint density at radius 2 is 1.82 bits per heavy atom. The normalized spacial score (nSPS) is 10.4. The molecule has 0 aliphatic heterocycles. The third-order valence-corrected chi connectivity index (χ3v) is 3.97. The third-order valence-electron chi connectivity index (χ3n) is 3.97. The van der Waals surface area contributed by atoms with E-state index in [2.05, 4.69) is 10.5 Å². The zero-order valence-corrected chi connectivity index (χ0v) is 15.7. The average molecular weight is 379 g/mol. The van der Waals surface area contributed by atoms with E-state index in [0.29, 0.717) is 28.8 Å². The highest BCUT2D eigenvalue weighted by Crippen LogP contribution is 2.29. The fourth-order valence-electron chi connectivity index (χ4n) is 2.61. The molecule has 0 aliphatic rings. The molecular formula is C21H21N3O4. The summed E-state index contributed by atoms with van der Waals surface area (Å²) in [5.41, 5.74) is 0.558. The summed E-state index contributed by atoms with van der Waals surface area (Å²) in [5, 5.41) is 6.67. The van der Waals surface area contributed by atoms with E-state index in [1.54, 1.807) is 25.1 Å². The summed E-state index contributed by atoms with van der Waals surface area (Å²) in [4.78, 5) is 25.7. The second-order valence-electron chi connectivity index (χ2n) is 6.18. The molecule has 2 aromatic carbocycles. The molecule has 28 heavy (non-hydrogen) atoms. The highest BCUT2D eigenvalue weighted by Gasteiger charge is 2.17. The van der Waals surface area contributed by atoms with Gasteiger partial charge < -0.3 is 14.6 Å². The molecule has 7 nitrogen and oxygen atoms in total. The topological polar surface area (TPSA) is 84.7 Å². The molecule has 3 rings (SSSR count). The van der Waals surface area contributed by atoms with Crippen molar-refractivity contribution in [2.45, 2.75) is 20.3 Å². The van der Waals surface area contributed by atoms with Gasteiger partial charge in [0.25, 0.3) is 0 Å². The number of aryl methyl sites for hydroxylation is 1. The Balaban J connectivity index is 1.64. The van der Waals surface area contributed by atoms with Crippen molar-refractivity contribution in [3.8, 4) is 11.5 Å². The van der Waals surface area contributed by atoms with Crippen LogP contribution < -0.4 is 15.0 Å². The highest BCUT2D eigenvalue weighted by molar-refractivity contribution is 5.95. The summed E-state index contributed by atoms with van der Waals surface area (Å²) in [6, 6.07) is 18.2. The van der Waals surface area contributed by atoms with Crippen LogP contribution >= 0.6 is 0 Å². The Labute approximate surface area is 162 Å². The Morgan fingerprint density at radius 3 is 2.50 bits per heavy atom. The van der Waals surface area contributed by atoms with E-state index in [0.717, 1.165) is 0 Å². The van der Waals surface area contributed by atoms with E-state index in [1.807, 2.05) is 42.5 Å². The van der Waals surface area contributed by atoms with Crippen molar-refractivity contribution in [2.75, 3.05) is 16.8 Å². The molecule has 3 aromatic rings. The maximum atomic E-state index is 12.4. The number of benzene rings is 2. The lowest BCUT2D eigenvalue weighted by atomic mass is 10.2. The second-order valence-corrected chi connectivity index (χ2v) is 6.18. The molecule has 0 fully saturated rings. The molecule has 1 heterocycles. The number of nitrogens with zero attached hydrogens (tertiary/aromatic N) is 2. The first-order chi connectivity index (χ1) is 13.5. The first kappa shape index (κ1) is 19.2. The van der Waals surface area contributed by atoms with Crippen molar-refractivity contribution >= 4 is 23.3 Å². The molecule has 1 aromatic heterocycles. The summed E-state index contributed by atoms with van der Waals surface area (Å²) in [6.45, 7) is 3.35. The van der Waals surface area contributed by atoms with Crippen LogP contribution in [0.15, 0.2) is 65.2 Å². The van der Waals surface area contributed by atoms with Gasteiger partial charge in [-0.2, -0.15) is 0 Å². The largest absolute Gasteiger partial charge is 0.455 e. The average Bonchev–Trinajstić information content (AvgIpc) is 3.10. The van der Waals surface area contributed by atoms with Crippen LogP contribution in [0.1, 0.15) is 19.1 Å². The number of rotatable bonds is 7. The van der Waals surface area contributed by atoms with Crippen molar-refractivity contribution in [1.82, 2.24) is 5.16 Å². The van der Waals surface area contributed by atoms with Crippen molar-refractivity contribution in [1.29, 1.82) is 0 Å². The highest BCUT2D eigenvalue weighted by atomic mass is 16.5. The maximum absolute atomic E-state index is 12.4. The molecule has 7 heteroatoms. The number of ether oxygens (including phenoxy) is 1. The van der Waals surface area contributed by atoms with Gasteiger partial charge in [-0.25, -0.2) is 0 Å². The number of hydrogen-bond donors (Lipinski definition) is 1. The van der Waals surface area contributed by atoms with Gasteiger partial charge >= 0.3 is 0 Å². The Hall–Kier alpha value is -3.61. The van der Waals surface area contributed by atoms with Crippen molar-refractivity contribution in [2.24, 2.45) is 0 Å². The number of hydrogen-bond acceptors (Lipinski definition) is 5. The molecule has 2 amide bonds. The summed E-state index contributed by atoms with van der Waals surface area (Å²) in [5.74, 6) is 1.75. The molecule has 0 radical (unpaired) electrons. The fraction of sp³-hybridized carbons (Fsp3) is 0.190. The Bertz CT molecular complexity index is 953. The third kappa shape index (κ3) is 4.97. The lowest BCUT2D eigenvalue weighted by Crippen LogP contribution is -2.32. The molecule has 0 unspecified atom stereocenters. The summed E-state index contributed by atoms with van der Waals surface area (Å²) >= 11 is 0. The minimum absolute atomic E-state index is 0.102. The van der Waals surface area contributed by atoms with Crippen molar-refractivity contribution in [3.63, 3.8) is 0 Å². The molecule has 0 bridgehead atoms. The van der Waals surface area contributed by atoms with Crippen molar-refractivity contribution < 1.29 is 18.8 Å². The lowest BCUT2D eigenvalue weighted by molar-refractivity contribution is -0.117. The first-order valence-corrected chi connectivity index (χ1v) is 8.86. The number of anilines is 2.